The van der Waals surface area contributed by atoms with E-state index >= 15 is 0 Å². The molecule has 0 fully saturated rings. The minimum absolute atomic E-state index is 0.129. The molecule has 0 radical (unpaired) electrons. The first-order chi connectivity index (χ1) is 9.13. The van der Waals surface area contributed by atoms with E-state index in [-0.39, 0.29) is 11.8 Å². The molecule has 1 aromatic heterocycles. The third kappa shape index (κ3) is 6.04. The molecule has 6 heteroatoms. The van der Waals surface area contributed by atoms with Crippen molar-refractivity contribution >= 4 is 23.2 Å². The van der Waals surface area contributed by atoms with Crippen LogP contribution in [0.4, 0.5) is 0 Å². The number of primary amides is 1. The SMILES string of the molecule is NCC#Cc1cc(C(=O)NCCCCC(N)=O)cs1. The summed E-state index contributed by atoms with van der Waals surface area (Å²) in [5, 5.41) is 4.55. The number of carbonyl (C=O) groups is 2. The second kappa shape index (κ2) is 8.29. The van der Waals surface area contributed by atoms with Gasteiger partial charge in [-0.1, -0.05) is 11.8 Å². The van der Waals surface area contributed by atoms with Crippen molar-refractivity contribution < 1.29 is 9.59 Å². The summed E-state index contributed by atoms with van der Waals surface area (Å²) in [6.07, 6.45) is 1.78. The number of unbranched alkanes of at least 4 members (excludes halogenated alkanes) is 1. The van der Waals surface area contributed by atoms with Crippen molar-refractivity contribution in [3.63, 3.8) is 0 Å². The lowest BCUT2D eigenvalue weighted by Gasteiger charge is -2.02. The van der Waals surface area contributed by atoms with E-state index in [4.69, 9.17) is 11.5 Å². The molecule has 0 aromatic carbocycles. The van der Waals surface area contributed by atoms with E-state index in [0.29, 0.717) is 31.5 Å². The molecular formula is C13H17N3O2S. The summed E-state index contributed by atoms with van der Waals surface area (Å²) < 4.78 is 0. The molecule has 0 saturated heterocycles. The van der Waals surface area contributed by atoms with Crippen molar-refractivity contribution in [3.8, 4) is 11.8 Å². The van der Waals surface area contributed by atoms with Crippen molar-refractivity contribution in [2.24, 2.45) is 11.5 Å². The van der Waals surface area contributed by atoms with Gasteiger partial charge in [-0.15, -0.1) is 11.3 Å². The molecule has 0 saturated carbocycles. The van der Waals surface area contributed by atoms with Gasteiger partial charge in [0.05, 0.1) is 17.0 Å². The number of thiophene rings is 1. The molecular weight excluding hydrogens is 262 g/mol. The summed E-state index contributed by atoms with van der Waals surface area (Å²) in [5.74, 6) is 5.18. The molecule has 0 atom stereocenters. The number of hydrogen-bond donors (Lipinski definition) is 3. The maximum Gasteiger partial charge on any atom is 0.252 e. The van der Waals surface area contributed by atoms with Gasteiger partial charge in [-0.05, 0) is 18.9 Å². The molecule has 0 unspecified atom stereocenters. The van der Waals surface area contributed by atoms with Gasteiger partial charge >= 0.3 is 0 Å². The van der Waals surface area contributed by atoms with Gasteiger partial charge in [0.2, 0.25) is 5.91 Å². The first-order valence-corrected chi connectivity index (χ1v) is 6.85. The molecule has 2 amide bonds. The maximum absolute atomic E-state index is 11.8. The number of nitrogens with one attached hydrogen (secondary N) is 1. The Balaban J connectivity index is 2.33. The molecule has 0 aliphatic rings. The molecule has 0 spiro atoms. The zero-order valence-corrected chi connectivity index (χ0v) is 11.4. The van der Waals surface area contributed by atoms with Crippen molar-refractivity contribution in [2.75, 3.05) is 13.1 Å². The highest BCUT2D eigenvalue weighted by molar-refractivity contribution is 7.10. The van der Waals surface area contributed by atoms with E-state index in [2.05, 4.69) is 17.2 Å². The van der Waals surface area contributed by atoms with Crippen LogP contribution < -0.4 is 16.8 Å². The van der Waals surface area contributed by atoms with E-state index in [0.717, 1.165) is 11.3 Å². The Morgan fingerprint density at radius 2 is 2.16 bits per heavy atom. The smallest absolute Gasteiger partial charge is 0.252 e. The third-order valence-corrected chi connectivity index (χ3v) is 3.16. The fourth-order valence-electron chi connectivity index (χ4n) is 1.39. The molecule has 5 nitrogen and oxygen atoms in total. The highest BCUT2D eigenvalue weighted by Gasteiger charge is 2.07. The molecule has 0 aliphatic carbocycles. The van der Waals surface area contributed by atoms with Crippen molar-refractivity contribution in [1.29, 1.82) is 0 Å². The number of carbonyl (C=O) groups excluding carboxylic acids is 2. The summed E-state index contributed by atoms with van der Waals surface area (Å²) in [6.45, 7) is 0.838. The van der Waals surface area contributed by atoms with Crippen LogP contribution in [-0.4, -0.2) is 24.9 Å². The quantitative estimate of drug-likeness (QED) is 0.520. The Hall–Kier alpha value is -1.84. The van der Waals surface area contributed by atoms with Gasteiger partial charge in [0.25, 0.3) is 5.91 Å². The molecule has 102 valence electrons. The van der Waals surface area contributed by atoms with E-state index < -0.39 is 0 Å². The Kier molecular flexibility index (Phi) is 6.64. The van der Waals surface area contributed by atoms with Crippen molar-refractivity contribution in [1.82, 2.24) is 5.32 Å². The van der Waals surface area contributed by atoms with Crippen LogP contribution in [0.3, 0.4) is 0 Å². The predicted molar refractivity (Wildman–Crippen MR) is 75.6 cm³/mol. The zero-order valence-electron chi connectivity index (χ0n) is 10.6. The molecule has 1 heterocycles. The van der Waals surface area contributed by atoms with Crippen LogP contribution in [0.15, 0.2) is 11.4 Å². The lowest BCUT2D eigenvalue weighted by Crippen LogP contribution is -2.24. The minimum atomic E-state index is -0.313. The van der Waals surface area contributed by atoms with Crippen LogP contribution in [0.5, 0.6) is 0 Å². The maximum atomic E-state index is 11.8. The first-order valence-electron chi connectivity index (χ1n) is 5.97. The van der Waals surface area contributed by atoms with E-state index in [9.17, 15) is 9.59 Å². The van der Waals surface area contributed by atoms with Gasteiger partial charge in [0.1, 0.15) is 0 Å². The minimum Gasteiger partial charge on any atom is -0.370 e. The summed E-state index contributed by atoms with van der Waals surface area (Å²) in [5.41, 5.74) is 10.9. The predicted octanol–water partition coefficient (Wildman–Crippen LogP) is 0.444. The summed E-state index contributed by atoms with van der Waals surface area (Å²) in [4.78, 5) is 23.1. The highest BCUT2D eigenvalue weighted by atomic mass is 32.1. The fraction of sp³-hybridized carbons (Fsp3) is 0.385. The lowest BCUT2D eigenvalue weighted by molar-refractivity contribution is -0.118. The summed E-state index contributed by atoms with van der Waals surface area (Å²) in [7, 11) is 0. The van der Waals surface area contributed by atoms with Crippen LogP contribution in [0.2, 0.25) is 0 Å². The van der Waals surface area contributed by atoms with Crippen LogP contribution in [-0.2, 0) is 4.79 Å². The molecule has 0 bridgehead atoms. The Bertz CT molecular complexity index is 499. The largest absolute Gasteiger partial charge is 0.370 e. The van der Waals surface area contributed by atoms with Crippen LogP contribution in [0.25, 0.3) is 0 Å². The van der Waals surface area contributed by atoms with E-state index in [1.54, 1.807) is 11.4 Å². The monoisotopic (exact) mass is 279 g/mol. The Labute approximate surface area is 116 Å². The second-order valence-electron chi connectivity index (χ2n) is 3.88. The van der Waals surface area contributed by atoms with Gasteiger partial charge in [-0.3, -0.25) is 9.59 Å². The van der Waals surface area contributed by atoms with E-state index in [1.165, 1.54) is 11.3 Å². The molecule has 1 aromatic rings. The highest BCUT2D eigenvalue weighted by Crippen LogP contribution is 2.13. The second-order valence-corrected chi connectivity index (χ2v) is 4.80. The average Bonchev–Trinajstić information content (AvgIpc) is 2.84. The Morgan fingerprint density at radius 3 is 2.84 bits per heavy atom. The fourth-order valence-corrected chi connectivity index (χ4v) is 2.14. The average molecular weight is 279 g/mol. The van der Waals surface area contributed by atoms with Gasteiger partial charge in [-0.25, -0.2) is 0 Å². The van der Waals surface area contributed by atoms with Gasteiger partial charge in [0, 0.05) is 18.3 Å². The van der Waals surface area contributed by atoms with Crippen LogP contribution in [0.1, 0.15) is 34.5 Å². The van der Waals surface area contributed by atoms with Gasteiger partial charge in [-0.2, -0.15) is 0 Å². The normalized spacial score (nSPS) is 9.53. The number of amides is 2. The summed E-state index contributed by atoms with van der Waals surface area (Å²) >= 11 is 1.41. The standard InChI is InChI=1S/C13H17N3O2S/c14-6-3-4-11-8-10(9-19-11)13(18)16-7-2-1-5-12(15)17/h8-9H,1-2,5-7,14H2,(H2,15,17)(H,16,18). The molecule has 1 rings (SSSR count). The number of rotatable bonds is 6. The van der Waals surface area contributed by atoms with Crippen molar-refractivity contribution in [3.05, 3.63) is 21.9 Å². The van der Waals surface area contributed by atoms with Gasteiger partial charge in [0.15, 0.2) is 0 Å². The molecule has 19 heavy (non-hydrogen) atoms. The Morgan fingerprint density at radius 1 is 1.37 bits per heavy atom. The van der Waals surface area contributed by atoms with Crippen molar-refractivity contribution in [2.45, 2.75) is 19.3 Å². The third-order valence-electron chi connectivity index (χ3n) is 2.31. The summed E-state index contributed by atoms with van der Waals surface area (Å²) in [6, 6.07) is 1.74. The first kappa shape index (κ1) is 15.2. The molecule has 0 aliphatic heterocycles. The van der Waals surface area contributed by atoms with Crippen LogP contribution >= 0.6 is 11.3 Å². The number of nitrogens with two attached hydrogens (primary N) is 2. The lowest BCUT2D eigenvalue weighted by atomic mass is 10.2. The zero-order chi connectivity index (χ0) is 14.1. The molecule has 5 N–H and O–H groups in total. The van der Waals surface area contributed by atoms with Crippen LogP contribution in [0, 0.1) is 11.8 Å². The topological polar surface area (TPSA) is 98.2 Å². The van der Waals surface area contributed by atoms with E-state index in [1.807, 2.05) is 0 Å². The number of hydrogen-bond acceptors (Lipinski definition) is 4. The van der Waals surface area contributed by atoms with Gasteiger partial charge < -0.3 is 16.8 Å².